The van der Waals surface area contributed by atoms with Crippen molar-refractivity contribution in [1.82, 2.24) is 9.55 Å². The molecule has 16 heavy (non-hydrogen) atoms. The minimum atomic E-state index is -4.42. The molecular weight excluding hydrogens is 241 g/mol. The Balaban J connectivity index is 2.46. The van der Waals surface area contributed by atoms with Crippen molar-refractivity contribution in [3.63, 3.8) is 0 Å². The fraction of sp³-hybridized carbons (Fsp3) is 0.100. The van der Waals surface area contributed by atoms with Crippen molar-refractivity contribution >= 4 is 11.6 Å². The average molecular weight is 247 g/mol. The summed E-state index contributed by atoms with van der Waals surface area (Å²) in [6, 6.07) is 4.33. The van der Waals surface area contributed by atoms with E-state index in [4.69, 9.17) is 11.6 Å². The van der Waals surface area contributed by atoms with Gasteiger partial charge in [-0.25, -0.2) is 4.98 Å². The topological polar surface area (TPSA) is 17.8 Å². The highest BCUT2D eigenvalue weighted by atomic mass is 35.5. The van der Waals surface area contributed by atoms with Gasteiger partial charge in [0.2, 0.25) is 0 Å². The number of alkyl halides is 3. The van der Waals surface area contributed by atoms with Crippen molar-refractivity contribution < 1.29 is 13.2 Å². The van der Waals surface area contributed by atoms with Crippen molar-refractivity contribution in [2.45, 2.75) is 6.18 Å². The first-order valence-electron chi connectivity index (χ1n) is 4.34. The van der Waals surface area contributed by atoms with Crippen LogP contribution in [0.25, 0.3) is 5.82 Å². The number of halogens is 4. The van der Waals surface area contributed by atoms with E-state index in [1.54, 1.807) is 29.1 Å². The fourth-order valence-electron chi connectivity index (χ4n) is 1.25. The van der Waals surface area contributed by atoms with E-state index in [1.807, 2.05) is 0 Å². The van der Waals surface area contributed by atoms with E-state index in [0.717, 1.165) is 12.3 Å². The third kappa shape index (κ3) is 2.04. The van der Waals surface area contributed by atoms with Crippen molar-refractivity contribution in [1.29, 1.82) is 0 Å². The molecular formula is C10H6ClF3N2. The molecule has 2 rings (SSSR count). The number of pyridine rings is 1. The summed E-state index contributed by atoms with van der Waals surface area (Å²) in [5.41, 5.74) is -0.853. The van der Waals surface area contributed by atoms with Crippen LogP contribution in [-0.4, -0.2) is 9.55 Å². The van der Waals surface area contributed by atoms with Gasteiger partial charge in [0, 0.05) is 18.6 Å². The van der Waals surface area contributed by atoms with E-state index in [1.165, 1.54) is 0 Å². The second-order valence-corrected chi connectivity index (χ2v) is 3.52. The third-order valence-corrected chi connectivity index (χ3v) is 2.28. The van der Waals surface area contributed by atoms with E-state index >= 15 is 0 Å². The molecule has 0 saturated heterocycles. The zero-order chi connectivity index (χ0) is 11.8. The minimum Gasteiger partial charge on any atom is -0.307 e. The van der Waals surface area contributed by atoms with Crippen molar-refractivity contribution in [3.8, 4) is 5.82 Å². The Bertz CT molecular complexity index is 491. The van der Waals surface area contributed by atoms with Crippen molar-refractivity contribution in [3.05, 3.63) is 47.4 Å². The SMILES string of the molecule is FC(F)(F)c1cnc(-n2cccc2)c(Cl)c1. The van der Waals surface area contributed by atoms with Crippen molar-refractivity contribution in [2.24, 2.45) is 0 Å². The van der Waals surface area contributed by atoms with Crippen LogP contribution in [0.3, 0.4) is 0 Å². The molecule has 0 N–H and O–H groups in total. The van der Waals surface area contributed by atoms with E-state index in [0.29, 0.717) is 0 Å². The molecule has 0 aromatic carbocycles. The molecule has 0 spiro atoms. The molecule has 2 nitrogen and oxygen atoms in total. The molecule has 2 aromatic rings. The van der Waals surface area contributed by atoms with Gasteiger partial charge in [-0.05, 0) is 18.2 Å². The zero-order valence-electron chi connectivity index (χ0n) is 7.87. The van der Waals surface area contributed by atoms with Crippen LogP contribution in [-0.2, 0) is 6.18 Å². The Morgan fingerprint density at radius 2 is 1.81 bits per heavy atom. The molecule has 0 aliphatic rings. The fourth-order valence-corrected chi connectivity index (χ4v) is 1.52. The van der Waals surface area contributed by atoms with Gasteiger partial charge in [0.25, 0.3) is 0 Å². The van der Waals surface area contributed by atoms with E-state index < -0.39 is 11.7 Å². The molecule has 0 saturated carbocycles. The van der Waals surface area contributed by atoms with Crippen LogP contribution in [0.5, 0.6) is 0 Å². The summed E-state index contributed by atoms with van der Waals surface area (Å²) in [7, 11) is 0. The Morgan fingerprint density at radius 1 is 1.19 bits per heavy atom. The summed E-state index contributed by atoms with van der Waals surface area (Å²) >= 11 is 5.74. The molecule has 0 fully saturated rings. The van der Waals surface area contributed by atoms with Crippen molar-refractivity contribution in [2.75, 3.05) is 0 Å². The summed E-state index contributed by atoms with van der Waals surface area (Å²) in [5, 5.41) is -0.0361. The molecule has 0 bridgehead atoms. The highest BCUT2D eigenvalue weighted by molar-refractivity contribution is 6.32. The van der Waals surface area contributed by atoms with Gasteiger partial charge >= 0.3 is 6.18 Å². The van der Waals surface area contributed by atoms with Gasteiger partial charge in [0.1, 0.15) is 0 Å². The maximum Gasteiger partial charge on any atom is 0.417 e. The smallest absolute Gasteiger partial charge is 0.307 e. The quantitative estimate of drug-likeness (QED) is 0.752. The summed E-state index contributed by atoms with van der Waals surface area (Å²) in [6.45, 7) is 0. The predicted octanol–water partition coefficient (Wildman–Crippen LogP) is 3.54. The summed E-state index contributed by atoms with van der Waals surface area (Å²) < 4.78 is 38.6. The number of rotatable bonds is 1. The molecule has 2 aromatic heterocycles. The second-order valence-electron chi connectivity index (χ2n) is 3.12. The maximum atomic E-state index is 12.3. The highest BCUT2D eigenvalue weighted by Crippen LogP contribution is 2.31. The standard InChI is InChI=1S/C10H6ClF3N2/c11-8-5-7(10(12,13)14)6-15-9(8)16-3-1-2-4-16/h1-6H. The first-order chi connectivity index (χ1) is 7.48. The molecule has 0 radical (unpaired) electrons. The molecule has 0 unspecified atom stereocenters. The molecule has 0 aliphatic heterocycles. The normalized spacial score (nSPS) is 11.8. The Kier molecular flexibility index (Phi) is 2.63. The van der Waals surface area contributed by atoms with Gasteiger partial charge < -0.3 is 4.57 Å². The molecule has 0 aliphatic carbocycles. The average Bonchev–Trinajstić information content (AvgIpc) is 2.69. The van der Waals surface area contributed by atoms with Crippen LogP contribution < -0.4 is 0 Å². The third-order valence-electron chi connectivity index (χ3n) is 2.00. The molecule has 2 heterocycles. The number of hydrogen-bond donors (Lipinski definition) is 0. The lowest BCUT2D eigenvalue weighted by atomic mass is 10.3. The van der Waals surface area contributed by atoms with E-state index in [9.17, 15) is 13.2 Å². The zero-order valence-corrected chi connectivity index (χ0v) is 8.63. The lowest BCUT2D eigenvalue weighted by Gasteiger charge is -2.09. The van der Waals surface area contributed by atoms with Gasteiger partial charge in [-0.15, -0.1) is 0 Å². The van der Waals surface area contributed by atoms with Crippen LogP contribution in [0.1, 0.15) is 5.56 Å². The number of hydrogen-bond acceptors (Lipinski definition) is 1. The van der Waals surface area contributed by atoms with Crippen LogP contribution >= 0.6 is 11.6 Å². The monoisotopic (exact) mass is 246 g/mol. The van der Waals surface area contributed by atoms with Gasteiger partial charge in [0.05, 0.1) is 10.6 Å². The minimum absolute atomic E-state index is 0.0361. The van der Waals surface area contributed by atoms with Crippen LogP contribution in [0, 0.1) is 0 Å². The Hall–Kier alpha value is -1.49. The molecule has 84 valence electrons. The molecule has 6 heteroatoms. The molecule has 0 atom stereocenters. The predicted molar refractivity (Wildman–Crippen MR) is 53.6 cm³/mol. The lowest BCUT2D eigenvalue weighted by molar-refractivity contribution is -0.137. The Morgan fingerprint density at radius 3 is 2.31 bits per heavy atom. The van der Waals surface area contributed by atoms with Gasteiger partial charge in [-0.1, -0.05) is 11.6 Å². The Labute approximate surface area is 94.3 Å². The lowest BCUT2D eigenvalue weighted by Crippen LogP contribution is -2.07. The summed E-state index contributed by atoms with van der Waals surface area (Å²) in [4.78, 5) is 3.70. The summed E-state index contributed by atoms with van der Waals surface area (Å²) in [5.74, 6) is 0.277. The molecule has 0 amide bonds. The van der Waals surface area contributed by atoms with Gasteiger partial charge in [0.15, 0.2) is 5.82 Å². The van der Waals surface area contributed by atoms with Crippen LogP contribution in [0.4, 0.5) is 13.2 Å². The largest absolute Gasteiger partial charge is 0.417 e. The van der Waals surface area contributed by atoms with Gasteiger partial charge in [-0.2, -0.15) is 13.2 Å². The first kappa shape index (κ1) is 11.0. The van der Waals surface area contributed by atoms with Crippen LogP contribution in [0.15, 0.2) is 36.8 Å². The first-order valence-corrected chi connectivity index (χ1v) is 4.72. The highest BCUT2D eigenvalue weighted by Gasteiger charge is 2.31. The second kappa shape index (κ2) is 3.83. The number of aromatic nitrogens is 2. The van der Waals surface area contributed by atoms with Crippen LogP contribution in [0.2, 0.25) is 5.02 Å². The van der Waals surface area contributed by atoms with E-state index in [-0.39, 0.29) is 10.8 Å². The van der Waals surface area contributed by atoms with Gasteiger partial charge in [-0.3, -0.25) is 0 Å². The van der Waals surface area contributed by atoms with E-state index in [2.05, 4.69) is 4.98 Å². The maximum absolute atomic E-state index is 12.3. The summed E-state index contributed by atoms with van der Waals surface area (Å²) in [6.07, 6.45) is -0.351. The number of nitrogens with zero attached hydrogens (tertiary/aromatic N) is 2.